The van der Waals surface area contributed by atoms with Crippen molar-refractivity contribution >= 4 is 5.97 Å². The van der Waals surface area contributed by atoms with Crippen molar-refractivity contribution in [3.8, 4) is 17.6 Å². The van der Waals surface area contributed by atoms with Gasteiger partial charge in [0.05, 0.1) is 13.7 Å². The van der Waals surface area contributed by atoms with Crippen molar-refractivity contribution in [3.63, 3.8) is 0 Å². The van der Waals surface area contributed by atoms with E-state index in [0.717, 1.165) is 29.7 Å². The summed E-state index contributed by atoms with van der Waals surface area (Å²) in [7, 11) is 1.40. The molecular formula is C21H22O3. The fourth-order valence-electron chi connectivity index (χ4n) is 2.08. The number of methoxy groups -OCH3 is 1. The lowest BCUT2D eigenvalue weighted by molar-refractivity contribution is -0.140. The van der Waals surface area contributed by atoms with Crippen LogP contribution in [0, 0.1) is 18.8 Å². The molecule has 124 valence electrons. The molecule has 0 saturated heterocycles. The van der Waals surface area contributed by atoms with Crippen LogP contribution in [0.5, 0.6) is 5.75 Å². The number of aryl methyl sites for hydroxylation is 1. The Morgan fingerprint density at radius 1 is 0.917 bits per heavy atom. The lowest BCUT2D eigenvalue weighted by Crippen LogP contribution is -2.02. The Morgan fingerprint density at radius 3 is 2.08 bits per heavy atom. The van der Waals surface area contributed by atoms with Crippen molar-refractivity contribution in [1.29, 1.82) is 0 Å². The number of ether oxygens (including phenoxy) is 2. The number of carbonyl (C=O) groups is 1. The van der Waals surface area contributed by atoms with Crippen molar-refractivity contribution in [3.05, 3.63) is 65.2 Å². The van der Waals surface area contributed by atoms with Crippen molar-refractivity contribution in [2.24, 2.45) is 0 Å². The summed E-state index contributed by atoms with van der Waals surface area (Å²) in [5.74, 6) is 6.93. The molecule has 2 rings (SSSR count). The zero-order chi connectivity index (χ0) is 17.2. The highest BCUT2D eigenvalue weighted by atomic mass is 16.5. The predicted molar refractivity (Wildman–Crippen MR) is 95.0 cm³/mol. The van der Waals surface area contributed by atoms with Crippen molar-refractivity contribution in [1.82, 2.24) is 0 Å². The summed E-state index contributed by atoms with van der Waals surface area (Å²) in [6.07, 6.45) is 2.03. The standard InChI is InChI=1S/C21H22O3/c1-17-6-8-18(9-7-17)10-11-19-12-14-20(15-13-19)24-16-4-3-5-21(22)23-2/h6-9,12-15H,3-5,16H2,1-2H3. The van der Waals surface area contributed by atoms with E-state index in [1.165, 1.54) is 12.7 Å². The van der Waals surface area contributed by atoms with Crippen LogP contribution in [0.25, 0.3) is 0 Å². The van der Waals surface area contributed by atoms with Gasteiger partial charge in [-0.1, -0.05) is 29.5 Å². The number of benzene rings is 2. The van der Waals surface area contributed by atoms with E-state index in [2.05, 4.69) is 35.6 Å². The van der Waals surface area contributed by atoms with Gasteiger partial charge in [-0.15, -0.1) is 0 Å². The summed E-state index contributed by atoms with van der Waals surface area (Å²) in [5, 5.41) is 0. The average Bonchev–Trinajstić information content (AvgIpc) is 2.61. The molecule has 0 amide bonds. The fourth-order valence-corrected chi connectivity index (χ4v) is 2.08. The molecule has 0 spiro atoms. The molecule has 0 fully saturated rings. The van der Waals surface area contributed by atoms with Crippen LogP contribution < -0.4 is 4.74 Å². The second kappa shape index (κ2) is 9.42. The summed E-state index contributed by atoms with van der Waals surface area (Å²) in [6.45, 7) is 2.65. The maximum absolute atomic E-state index is 11.0. The summed E-state index contributed by atoms with van der Waals surface area (Å²) < 4.78 is 10.2. The molecule has 0 N–H and O–H groups in total. The minimum Gasteiger partial charge on any atom is -0.494 e. The van der Waals surface area contributed by atoms with Crippen LogP contribution in [0.1, 0.15) is 36.0 Å². The van der Waals surface area contributed by atoms with Crippen LogP contribution in [-0.2, 0) is 9.53 Å². The largest absolute Gasteiger partial charge is 0.494 e. The lowest BCUT2D eigenvalue weighted by Gasteiger charge is -2.05. The Balaban J connectivity index is 1.79. The van der Waals surface area contributed by atoms with Crippen molar-refractivity contribution in [2.45, 2.75) is 26.2 Å². The van der Waals surface area contributed by atoms with E-state index in [1.807, 2.05) is 36.4 Å². The molecular weight excluding hydrogens is 300 g/mol. The molecule has 0 unspecified atom stereocenters. The van der Waals surface area contributed by atoms with Gasteiger partial charge in [0.2, 0.25) is 0 Å². The van der Waals surface area contributed by atoms with Gasteiger partial charge in [-0.25, -0.2) is 0 Å². The van der Waals surface area contributed by atoms with Crippen LogP contribution in [0.4, 0.5) is 0 Å². The normalized spacial score (nSPS) is 9.75. The molecule has 2 aromatic carbocycles. The van der Waals surface area contributed by atoms with Gasteiger partial charge in [-0.05, 0) is 56.2 Å². The summed E-state index contributed by atoms with van der Waals surface area (Å²) in [4.78, 5) is 11.0. The molecule has 0 aliphatic carbocycles. The molecule has 0 saturated carbocycles. The van der Waals surface area contributed by atoms with Crippen LogP contribution in [0.15, 0.2) is 48.5 Å². The van der Waals surface area contributed by atoms with Crippen LogP contribution in [-0.4, -0.2) is 19.7 Å². The first-order valence-corrected chi connectivity index (χ1v) is 8.06. The highest BCUT2D eigenvalue weighted by Gasteiger charge is 2.00. The monoisotopic (exact) mass is 322 g/mol. The minimum atomic E-state index is -0.175. The van der Waals surface area contributed by atoms with Crippen LogP contribution in [0.2, 0.25) is 0 Å². The lowest BCUT2D eigenvalue weighted by atomic mass is 10.1. The van der Waals surface area contributed by atoms with Gasteiger partial charge in [0.15, 0.2) is 0 Å². The van der Waals surface area contributed by atoms with Gasteiger partial charge >= 0.3 is 5.97 Å². The molecule has 0 bridgehead atoms. The highest BCUT2D eigenvalue weighted by molar-refractivity contribution is 5.68. The third-order valence-electron chi connectivity index (χ3n) is 3.53. The molecule has 0 aliphatic heterocycles. The first-order valence-electron chi connectivity index (χ1n) is 8.06. The molecule has 3 nitrogen and oxygen atoms in total. The number of hydrogen-bond acceptors (Lipinski definition) is 3. The SMILES string of the molecule is COC(=O)CCCCOc1ccc(C#Cc2ccc(C)cc2)cc1. The molecule has 3 heteroatoms. The smallest absolute Gasteiger partial charge is 0.305 e. The van der Waals surface area contributed by atoms with Gasteiger partial charge in [0.25, 0.3) is 0 Å². The molecule has 0 aliphatic rings. The van der Waals surface area contributed by atoms with Crippen molar-refractivity contribution < 1.29 is 14.3 Å². The topological polar surface area (TPSA) is 35.5 Å². The van der Waals surface area contributed by atoms with E-state index in [0.29, 0.717) is 13.0 Å². The number of hydrogen-bond donors (Lipinski definition) is 0. The zero-order valence-corrected chi connectivity index (χ0v) is 14.2. The summed E-state index contributed by atoms with van der Waals surface area (Å²) >= 11 is 0. The Kier molecular flexibility index (Phi) is 6.91. The molecule has 0 atom stereocenters. The third kappa shape index (κ3) is 6.18. The van der Waals surface area contributed by atoms with E-state index >= 15 is 0 Å². The fraction of sp³-hybridized carbons (Fsp3) is 0.286. The first kappa shape index (κ1) is 17.6. The molecule has 2 aromatic rings. The second-order valence-electron chi connectivity index (χ2n) is 5.52. The summed E-state index contributed by atoms with van der Waals surface area (Å²) in [6, 6.07) is 15.9. The van der Waals surface area contributed by atoms with E-state index < -0.39 is 0 Å². The molecule has 24 heavy (non-hydrogen) atoms. The maximum Gasteiger partial charge on any atom is 0.305 e. The van der Waals surface area contributed by atoms with Crippen LogP contribution in [0.3, 0.4) is 0 Å². The van der Waals surface area contributed by atoms with Gasteiger partial charge in [-0.2, -0.15) is 0 Å². The number of esters is 1. The molecule has 0 radical (unpaired) electrons. The van der Waals surface area contributed by atoms with E-state index in [9.17, 15) is 4.79 Å². The number of carbonyl (C=O) groups excluding carboxylic acids is 1. The van der Waals surface area contributed by atoms with Crippen molar-refractivity contribution in [2.75, 3.05) is 13.7 Å². The van der Waals surface area contributed by atoms with Gasteiger partial charge in [-0.3, -0.25) is 4.79 Å². The quantitative estimate of drug-likeness (QED) is 0.456. The Bertz CT molecular complexity index is 703. The Labute approximate surface area is 143 Å². The zero-order valence-electron chi connectivity index (χ0n) is 14.2. The predicted octanol–water partition coefficient (Wildman–Crippen LogP) is 4.12. The Hall–Kier alpha value is -2.73. The van der Waals surface area contributed by atoms with Gasteiger partial charge < -0.3 is 9.47 Å². The minimum absolute atomic E-state index is 0.175. The van der Waals surface area contributed by atoms with E-state index in [-0.39, 0.29) is 5.97 Å². The molecule has 0 aromatic heterocycles. The highest BCUT2D eigenvalue weighted by Crippen LogP contribution is 2.12. The molecule has 0 heterocycles. The Morgan fingerprint density at radius 2 is 1.50 bits per heavy atom. The second-order valence-corrected chi connectivity index (χ2v) is 5.52. The third-order valence-corrected chi connectivity index (χ3v) is 3.53. The number of rotatable bonds is 6. The van der Waals surface area contributed by atoms with E-state index in [1.54, 1.807) is 0 Å². The van der Waals surface area contributed by atoms with Crippen LogP contribution >= 0.6 is 0 Å². The van der Waals surface area contributed by atoms with E-state index in [4.69, 9.17) is 4.74 Å². The van der Waals surface area contributed by atoms with Gasteiger partial charge in [0.1, 0.15) is 5.75 Å². The average molecular weight is 322 g/mol. The summed E-state index contributed by atoms with van der Waals surface area (Å²) in [5.41, 5.74) is 3.19. The first-order chi connectivity index (χ1) is 11.7. The van der Waals surface area contributed by atoms with Gasteiger partial charge in [0, 0.05) is 17.5 Å². The number of unbranched alkanes of at least 4 members (excludes halogenated alkanes) is 1. The maximum atomic E-state index is 11.0.